The molecule has 0 saturated carbocycles. The summed E-state index contributed by atoms with van der Waals surface area (Å²) in [4.78, 5) is 34.8. The van der Waals surface area contributed by atoms with Crippen LogP contribution in [0.15, 0.2) is 24.3 Å². The molecule has 0 fully saturated rings. The van der Waals surface area contributed by atoms with Crippen LogP contribution in [0, 0.1) is 0 Å². The molecule has 2 atom stereocenters. The zero-order valence-electron chi connectivity index (χ0n) is 33.6. The van der Waals surface area contributed by atoms with Crippen LogP contribution in [0.25, 0.3) is 0 Å². The smallest absolute Gasteiger partial charge is 0.462 e. The summed E-state index contributed by atoms with van der Waals surface area (Å²) in [6.45, 7) is 3.71. The molecule has 0 bridgehead atoms. The van der Waals surface area contributed by atoms with Gasteiger partial charge < -0.3 is 20.1 Å². The van der Waals surface area contributed by atoms with Crippen LogP contribution in [-0.2, 0) is 32.7 Å². The number of phosphoric ester groups is 1. The quantitative estimate of drug-likeness (QED) is 0.0271. The van der Waals surface area contributed by atoms with E-state index in [-0.39, 0.29) is 38.6 Å². The van der Waals surface area contributed by atoms with Gasteiger partial charge in [0.15, 0.2) is 6.10 Å². The number of carbonyl (C=O) groups is 2. The lowest BCUT2D eigenvalue weighted by Crippen LogP contribution is -2.29. The fourth-order valence-electron chi connectivity index (χ4n) is 5.90. The van der Waals surface area contributed by atoms with E-state index in [0.29, 0.717) is 6.42 Å². The van der Waals surface area contributed by atoms with Crippen molar-refractivity contribution >= 4 is 19.8 Å². The zero-order chi connectivity index (χ0) is 38.2. The first kappa shape index (κ1) is 50.5. The highest BCUT2D eigenvalue weighted by molar-refractivity contribution is 7.47. The van der Waals surface area contributed by atoms with Crippen molar-refractivity contribution in [3.8, 4) is 0 Å². The second-order valence-electron chi connectivity index (χ2n) is 14.2. The van der Waals surface area contributed by atoms with E-state index in [2.05, 4.69) is 38.2 Å². The first-order chi connectivity index (χ1) is 25.3. The van der Waals surface area contributed by atoms with E-state index in [1.165, 1.54) is 116 Å². The molecule has 0 aliphatic carbocycles. The van der Waals surface area contributed by atoms with Crippen molar-refractivity contribution in [1.82, 2.24) is 0 Å². The van der Waals surface area contributed by atoms with Crippen LogP contribution in [0.2, 0.25) is 0 Å². The van der Waals surface area contributed by atoms with Gasteiger partial charge in [-0.3, -0.25) is 18.6 Å². The highest BCUT2D eigenvalue weighted by Crippen LogP contribution is 2.43. The van der Waals surface area contributed by atoms with Crippen LogP contribution < -0.4 is 5.73 Å². The van der Waals surface area contributed by atoms with Crippen molar-refractivity contribution in [3.05, 3.63) is 24.3 Å². The number of hydrogen-bond donors (Lipinski definition) is 2. The van der Waals surface area contributed by atoms with E-state index in [4.69, 9.17) is 24.3 Å². The predicted octanol–water partition coefficient (Wildman–Crippen LogP) is 12.0. The van der Waals surface area contributed by atoms with Gasteiger partial charge in [0.2, 0.25) is 0 Å². The molecule has 10 heteroatoms. The molecule has 0 aromatic rings. The summed E-state index contributed by atoms with van der Waals surface area (Å²) in [6.07, 6.45) is 40.6. The second kappa shape index (κ2) is 39.2. The number of carbonyl (C=O) groups excluding carboxylic acids is 2. The monoisotopic (exact) mass is 758 g/mol. The Bertz CT molecular complexity index is 912. The molecule has 3 N–H and O–H groups in total. The maximum Gasteiger partial charge on any atom is 0.472 e. The summed E-state index contributed by atoms with van der Waals surface area (Å²) >= 11 is 0. The summed E-state index contributed by atoms with van der Waals surface area (Å²) in [5, 5.41) is 0. The van der Waals surface area contributed by atoms with Crippen LogP contribution in [-0.4, -0.2) is 49.3 Å². The van der Waals surface area contributed by atoms with Crippen molar-refractivity contribution < 1.29 is 37.6 Å². The van der Waals surface area contributed by atoms with Crippen molar-refractivity contribution in [3.63, 3.8) is 0 Å². The fraction of sp³-hybridized carbons (Fsp3) is 0.857. The molecule has 0 aromatic carbocycles. The third-order valence-electron chi connectivity index (χ3n) is 9.09. The molecule has 52 heavy (non-hydrogen) atoms. The number of nitrogens with two attached hydrogens (primary N) is 1. The number of esters is 2. The molecule has 0 amide bonds. The van der Waals surface area contributed by atoms with Crippen LogP contribution >= 0.6 is 7.82 Å². The Balaban J connectivity index is 4.16. The Kier molecular flexibility index (Phi) is 38.1. The van der Waals surface area contributed by atoms with Crippen LogP contribution in [0.5, 0.6) is 0 Å². The number of unbranched alkanes of at least 4 members (excludes halogenated alkanes) is 23. The molecular formula is C42H80NO8P. The first-order valence-corrected chi connectivity index (χ1v) is 22.8. The lowest BCUT2D eigenvalue weighted by atomic mass is 10.0. The Hall–Kier alpha value is -1.51. The van der Waals surface area contributed by atoms with Crippen molar-refractivity contribution in [2.75, 3.05) is 26.4 Å². The molecule has 0 rings (SSSR count). The van der Waals surface area contributed by atoms with E-state index in [0.717, 1.165) is 51.4 Å². The topological polar surface area (TPSA) is 134 Å². The third kappa shape index (κ3) is 38.2. The fourth-order valence-corrected chi connectivity index (χ4v) is 6.67. The summed E-state index contributed by atoms with van der Waals surface area (Å²) in [5.41, 5.74) is 5.34. The zero-order valence-corrected chi connectivity index (χ0v) is 34.4. The minimum atomic E-state index is -4.37. The molecule has 306 valence electrons. The van der Waals surface area contributed by atoms with Crippen LogP contribution in [0.1, 0.15) is 200 Å². The van der Waals surface area contributed by atoms with Gasteiger partial charge in [-0.05, 0) is 44.9 Å². The maximum absolute atomic E-state index is 12.6. The van der Waals surface area contributed by atoms with Gasteiger partial charge in [-0.2, -0.15) is 0 Å². The van der Waals surface area contributed by atoms with Gasteiger partial charge in [0.1, 0.15) is 6.61 Å². The Labute approximate surface area is 319 Å². The normalized spacial score (nSPS) is 13.5. The van der Waals surface area contributed by atoms with E-state index < -0.39 is 26.5 Å². The number of ether oxygens (including phenoxy) is 2. The summed E-state index contributed by atoms with van der Waals surface area (Å²) in [7, 11) is -4.37. The Morgan fingerprint density at radius 2 is 1.00 bits per heavy atom. The molecule has 0 radical (unpaired) electrons. The average Bonchev–Trinajstić information content (AvgIpc) is 3.13. The van der Waals surface area contributed by atoms with Gasteiger partial charge in [-0.25, -0.2) is 4.57 Å². The van der Waals surface area contributed by atoms with Gasteiger partial charge in [-0.1, -0.05) is 167 Å². The summed E-state index contributed by atoms with van der Waals surface area (Å²) < 4.78 is 32.7. The Morgan fingerprint density at radius 1 is 0.577 bits per heavy atom. The minimum absolute atomic E-state index is 0.0535. The number of hydrogen-bond acceptors (Lipinski definition) is 8. The molecule has 0 aliphatic heterocycles. The molecule has 0 aliphatic rings. The molecule has 0 saturated heterocycles. The van der Waals surface area contributed by atoms with E-state index in [1.54, 1.807) is 0 Å². The number of allylic oxidation sites excluding steroid dienone is 4. The van der Waals surface area contributed by atoms with Crippen molar-refractivity contribution in [1.29, 1.82) is 0 Å². The van der Waals surface area contributed by atoms with Gasteiger partial charge in [0, 0.05) is 19.4 Å². The average molecular weight is 758 g/mol. The van der Waals surface area contributed by atoms with E-state index >= 15 is 0 Å². The standard InChI is InChI=1S/C42H80NO8P/c1-3-5-7-9-11-13-15-17-19-20-21-23-25-27-29-31-33-35-42(45)51-40(39-50-52(46,47)49-37-36-43)38-48-41(44)34-32-30-28-26-24-22-18-16-14-12-10-8-6-4-2/h11,13,17,19,40H,3-10,12,14-16,18,20-39,43H2,1-2H3,(H,46,47)/b13-11-,19-17-/t40-/m1/s1. The maximum atomic E-state index is 12.6. The van der Waals surface area contributed by atoms with Gasteiger partial charge in [0.05, 0.1) is 13.2 Å². The summed E-state index contributed by atoms with van der Waals surface area (Å²) in [6, 6.07) is 0. The predicted molar refractivity (Wildman–Crippen MR) is 215 cm³/mol. The second-order valence-corrected chi connectivity index (χ2v) is 15.7. The molecule has 0 heterocycles. The molecule has 1 unspecified atom stereocenters. The van der Waals surface area contributed by atoms with E-state index in [9.17, 15) is 19.0 Å². The molecule has 9 nitrogen and oxygen atoms in total. The molecular weight excluding hydrogens is 677 g/mol. The number of rotatable bonds is 40. The largest absolute Gasteiger partial charge is 0.472 e. The van der Waals surface area contributed by atoms with Gasteiger partial charge in [-0.15, -0.1) is 0 Å². The van der Waals surface area contributed by atoms with Crippen LogP contribution in [0.4, 0.5) is 0 Å². The lowest BCUT2D eigenvalue weighted by Gasteiger charge is -2.19. The lowest BCUT2D eigenvalue weighted by molar-refractivity contribution is -0.161. The summed E-state index contributed by atoms with van der Waals surface area (Å²) in [5.74, 6) is -0.831. The first-order valence-electron chi connectivity index (χ1n) is 21.3. The van der Waals surface area contributed by atoms with Gasteiger partial charge in [0.25, 0.3) is 0 Å². The van der Waals surface area contributed by atoms with Crippen molar-refractivity contribution in [2.24, 2.45) is 5.73 Å². The van der Waals surface area contributed by atoms with E-state index in [1.807, 2.05) is 0 Å². The van der Waals surface area contributed by atoms with Gasteiger partial charge >= 0.3 is 19.8 Å². The van der Waals surface area contributed by atoms with Crippen LogP contribution in [0.3, 0.4) is 0 Å². The third-order valence-corrected chi connectivity index (χ3v) is 10.1. The minimum Gasteiger partial charge on any atom is -0.462 e. The molecule has 0 aromatic heterocycles. The number of phosphoric acid groups is 1. The SMILES string of the molecule is CCCCC/C=C\C/C=C\CCCCCCCCCC(=O)O[C@H](COC(=O)CCCCCCCCCCCCCCCC)COP(=O)(O)OCCN. The molecule has 0 spiro atoms. The highest BCUT2D eigenvalue weighted by Gasteiger charge is 2.26. The highest BCUT2D eigenvalue weighted by atomic mass is 31.2. The van der Waals surface area contributed by atoms with Crippen molar-refractivity contribution in [2.45, 2.75) is 206 Å². The Morgan fingerprint density at radius 3 is 1.50 bits per heavy atom.